The standard InChI is InChI=1S/C19H20FN5O/c1-11-22-14(10-17(21-2)23-11)16-7-4-8-25(16)19(26)15-9-12-5-3-6-13(20)18(12)24-15/h3,5-6,9-10,16,24H,4,7-8H2,1-2H3,(H,21,22,23)/t16-/m0/s1. The molecule has 6 nitrogen and oxygen atoms in total. The number of benzene rings is 1. The van der Waals surface area contributed by atoms with Crippen LogP contribution in [0.15, 0.2) is 30.3 Å². The fourth-order valence-electron chi connectivity index (χ4n) is 3.60. The normalized spacial score (nSPS) is 17.0. The summed E-state index contributed by atoms with van der Waals surface area (Å²) in [7, 11) is 1.81. The van der Waals surface area contributed by atoms with Crippen LogP contribution in [0.1, 0.15) is 40.9 Å². The number of hydrogen-bond acceptors (Lipinski definition) is 4. The van der Waals surface area contributed by atoms with Gasteiger partial charge in [0.25, 0.3) is 5.91 Å². The van der Waals surface area contributed by atoms with Crippen molar-refractivity contribution in [2.45, 2.75) is 25.8 Å². The lowest BCUT2D eigenvalue weighted by Crippen LogP contribution is -2.31. The zero-order valence-corrected chi connectivity index (χ0v) is 14.7. The zero-order valence-electron chi connectivity index (χ0n) is 14.7. The van der Waals surface area contributed by atoms with Crippen molar-refractivity contribution >= 4 is 22.6 Å². The molecule has 134 valence electrons. The molecule has 0 radical (unpaired) electrons. The number of anilines is 1. The molecular formula is C19H20FN5O. The molecule has 1 atom stereocenters. The van der Waals surface area contributed by atoms with Crippen LogP contribution in [0.25, 0.3) is 10.9 Å². The van der Waals surface area contributed by atoms with Crippen molar-refractivity contribution in [2.75, 3.05) is 18.9 Å². The number of halogens is 1. The van der Waals surface area contributed by atoms with Gasteiger partial charge in [-0.15, -0.1) is 0 Å². The highest BCUT2D eigenvalue weighted by molar-refractivity contribution is 5.98. The minimum absolute atomic E-state index is 0.104. The summed E-state index contributed by atoms with van der Waals surface area (Å²) in [5.74, 6) is 0.910. The summed E-state index contributed by atoms with van der Waals surface area (Å²) in [5.41, 5.74) is 1.59. The lowest BCUT2D eigenvalue weighted by Gasteiger charge is -2.24. The van der Waals surface area contributed by atoms with Gasteiger partial charge in [-0.25, -0.2) is 14.4 Å². The summed E-state index contributed by atoms with van der Waals surface area (Å²) in [6.45, 7) is 2.49. The van der Waals surface area contributed by atoms with E-state index in [1.807, 2.05) is 24.9 Å². The highest BCUT2D eigenvalue weighted by Crippen LogP contribution is 2.33. The Bertz CT molecular complexity index is 983. The molecule has 2 aromatic heterocycles. The quantitative estimate of drug-likeness (QED) is 0.757. The molecule has 0 spiro atoms. The van der Waals surface area contributed by atoms with Crippen molar-refractivity contribution in [3.8, 4) is 0 Å². The van der Waals surface area contributed by atoms with Gasteiger partial charge in [-0.1, -0.05) is 12.1 Å². The fraction of sp³-hybridized carbons (Fsp3) is 0.316. The Morgan fingerprint density at radius 1 is 1.35 bits per heavy atom. The van der Waals surface area contributed by atoms with Crippen LogP contribution in [-0.2, 0) is 0 Å². The molecule has 0 saturated carbocycles. The van der Waals surface area contributed by atoms with Crippen LogP contribution in [0.2, 0.25) is 0 Å². The average Bonchev–Trinajstić information content (AvgIpc) is 3.28. The number of fused-ring (bicyclic) bond motifs is 1. The van der Waals surface area contributed by atoms with Crippen LogP contribution in [0.3, 0.4) is 0 Å². The Kier molecular flexibility index (Phi) is 4.06. The molecule has 26 heavy (non-hydrogen) atoms. The number of aromatic amines is 1. The summed E-state index contributed by atoms with van der Waals surface area (Å²) in [6.07, 6.45) is 1.75. The molecule has 4 rings (SSSR count). The Hall–Kier alpha value is -2.96. The predicted molar refractivity (Wildman–Crippen MR) is 97.6 cm³/mol. The maximum atomic E-state index is 13.9. The summed E-state index contributed by atoms with van der Waals surface area (Å²) in [4.78, 5) is 26.7. The number of nitrogens with one attached hydrogen (secondary N) is 2. The van der Waals surface area contributed by atoms with Gasteiger partial charge >= 0.3 is 0 Å². The third kappa shape index (κ3) is 2.79. The summed E-state index contributed by atoms with van der Waals surface area (Å²) < 4.78 is 13.9. The molecule has 0 bridgehead atoms. The number of aryl methyl sites for hydroxylation is 1. The third-order valence-electron chi connectivity index (χ3n) is 4.80. The molecule has 1 fully saturated rings. The number of rotatable bonds is 3. The van der Waals surface area contributed by atoms with E-state index in [0.717, 1.165) is 24.4 Å². The number of carbonyl (C=O) groups is 1. The molecule has 2 N–H and O–H groups in total. The van der Waals surface area contributed by atoms with E-state index in [1.54, 1.807) is 18.2 Å². The number of amides is 1. The minimum Gasteiger partial charge on any atom is -0.373 e. The number of H-pyrrole nitrogens is 1. The van der Waals surface area contributed by atoms with Crippen molar-refractivity contribution in [2.24, 2.45) is 0 Å². The molecule has 3 aromatic rings. The molecule has 0 unspecified atom stereocenters. The Morgan fingerprint density at radius 3 is 2.96 bits per heavy atom. The van der Waals surface area contributed by atoms with E-state index in [0.29, 0.717) is 29.0 Å². The van der Waals surface area contributed by atoms with Crippen molar-refractivity contribution in [3.05, 3.63) is 53.4 Å². The van der Waals surface area contributed by atoms with Crippen molar-refractivity contribution < 1.29 is 9.18 Å². The van der Waals surface area contributed by atoms with Crippen LogP contribution >= 0.6 is 0 Å². The number of para-hydroxylation sites is 1. The van der Waals surface area contributed by atoms with Crippen molar-refractivity contribution in [1.82, 2.24) is 19.9 Å². The van der Waals surface area contributed by atoms with Gasteiger partial charge in [0.2, 0.25) is 0 Å². The van der Waals surface area contributed by atoms with E-state index < -0.39 is 0 Å². The number of aromatic nitrogens is 3. The summed E-state index contributed by atoms with van der Waals surface area (Å²) in [6, 6.07) is 8.30. The lowest BCUT2D eigenvalue weighted by atomic mass is 10.1. The van der Waals surface area contributed by atoms with Gasteiger partial charge in [0.15, 0.2) is 0 Å². The largest absolute Gasteiger partial charge is 0.373 e. The highest BCUT2D eigenvalue weighted by atomic mass is 19.1. The average molecular weight is 353 g/mol. The van der Waals surface area contributed by atoms with Crippen LogP contribution in [0, 0.1) is 12.7 Å². The van der Waals surface area contributed by atoms with Crippen molar-refractivity contribution in [3.63, 3.8) is 0 Å². The number of carbonyl (C=O) groups excluding carboxylic acids is 1. The molecule has 7 heteroatoms. The summed E-state index contributed by atoms with van der Waals surface area (Å²) >= 11 is 0. The number of hydrogen-bond donors (Lipinski definition) is 2. The van der Waals surface area contributed by atoms with Gasteiger partial charge < -0.3 is 15.2 Å². The second kappa shape index (κ2) is 6.40. The molecule has 1 saturated heterocycles. The van der Waals surface area contributed by atoms with Gasteiger partial charge in [-0.3, -0.25) is 4.79 Å². The second-order valence-corrected chi connectivity index (χ2v) is 6.52. The third-order valence-corrected chi connectivity index (χ3v) is 4.80. The van der Waals surface area contributed by atoms with E-state index in [9.17, 15) is 9.18 Å². The Morgan fingerprint density at radius 2 is 2.19 bits per heavy atom. The molecular weight excluding hydrogens is 333 g/mol. The monoisotopic (exact) mass is 353 g/mol. The van der Waals surface area contributed by atoms with Gasteiger partial charge in [-0.2, -0.15) is 0 Å². The Balaban J connectivity index is 1.68. The SMILES string of the molecule is CNc1cc([C@@H]2CCCN2C(=O)c2cc3cccc(F)c3[nH]2)nc(C)n1. The van der Waals surface area contributed by atoms with Gasteiger partial charge in [0.1, 0.15) is 23.2 Å². The van der Waals surface area contributed by atoms with E-state index in [-0.39, 0.29) is 17.8 Å². The minimum atomic E-state index is -0.357. The van der Waals surface area contributed by atoms with Crippen LogP contribution in [0.5, 0.6) is 0 Å². The number of likely N-dealkylation sites (tertiary alicyclic amines) is 1. The second-order valence-electron chi connectivity index (χ2n) is 6.52. The van der Waals surface area contributed by atoms with E-state index in [1.165, 1.54) is 6.07 Å². The van der Waals surface area contributed by atoms with Gasteiger partial charge in [0.05, 0.1) is 17.3 Å². The van der Waals surface area contributed by atoms with Crippen LogP contribution in [-0.4, -0.2) is 39.4 Å². The smallest absolute Gasteiger partial charge is 0.270 e. The highest BCUT2D eigenvalue weighted by Gasteiger charge is 2.32. The Labute approximate surface area is 150 Å². The number of nitrogens with zero attached hydrogens (tertiary/aromatic N) is 3. The summed E-state index contributed by atoms with van der Waals surface area (Å²) in [5, 5.41) is 3.72. The molecule has 3 heterocycles. The molecule has 0 aliphatic carbocycles. The fourth-order valence-corrected chi connectivity index (χ4v) is 3.60. The van der Waals surface area contributed by atoms with E-state index in [2.05, 4.69) is 20.3 Å². The zero-order chi connectivity index (χ0) is 18.3. The van der Waals surface area contributed by atoms with E-state index in [4.69, 9.17) is 0 Å². The first kappa shape index (κ1) is 16.5. The molecule has 1 aliphatic rings. The maximum absolute atomic E-state index is 13.9. The first-order valence-electron chi connectivity index (χ1n) is 8.68. The maximum Gasteiger partial charge on any atom is 0.270 e. The lowest BCUT2D eigenvalue weighted by molar-refractivity contribution is 0.0727. The molecule has 1 amide bonds. The van der Waals surface area contributed by atoms with Crippen LogP contribution < -0.4 is 5.32 Å². The van der Waals surface area contributed by atoms with Crippen molar-refractivity contribution in [1.29, 1.82) is 0 Å². The topological polar surface area (TPSA) is 73.9 Å². The first-order valence-corrected chi connectivity index (χ1v) is 8.68. The predicted octanol–water partition coefficient (Wildman–Crippen LogP) is 3.42. The van der Waals surface area contributed by atoms with Crippen LogP contribution in [0.4, 0.5) is 10.2 Å². The van der Waals surface area contributed by atoms with Gasteiger partial charge in [-0.05, 0) is 31.9 Å². The van der Waals surface area contributed by atoms with Gasteiger partial charge in [0, 0.05) is 25.0 Å². The molecule has 1 aromatic carbocycles. The molecule has 1 aliphatic heterocycles. The first-order chi connectivity index (χ1) is 12.6. The van der Waals surface area contributed by atoms with E-state index >= 15 is 0 Å².